The first-order valence-electron chi connectivity index (χ1n) is 5.35. The highest BCUT2D eigenvalue weighted by molar-refractivity contribution is 9.10. The lowest BCUT2D eigenvalue weighted by Crippen LogP contribution is -2.06. The zero-order valence-corrected chi connectivity index (χ0v) is 11.9. The highest BCUT2D eigenvalue weighted by atomic mass is 79.9. The van der Waals surface area contributed by atoms with Crippen LogP contribution in [0.4, 0.5) is 11.4 Å². The molecule has 1 aromatic carbocycles. The highest BCUT2D eigenvalue weighted by Gasteiger charge is 2.01. The summed E-state index contributed by atoms with van der Waals surface area (Å²) in [5.74, 6) is 0. The second-order valence-electron chi connectivity index (χ2n) is 3.79. The molecule has 0 spiro atoms. The SMILES string of the molecule is Cc1csc(CCNc2ccc(Br)cc2N)n1. The average molecular weight is 312 g/mol. The zero-order chi connectivity index (χ0) is 12.3. The number of benzene rings is 1. The zero-order valence-electron chi connectivity index (χ0n) is 9.53. The number of aryl methyl sites for hydroxylation is 1. The third-order valence-corrected chi connectivity index (χ3v) is 3.85. The molecule has 3 nitrogen and oxygen atoms in total. The molecule has 90 valence electrons. The van der Waals surface area contributed by atoms with E-state index < -0.39 is 0 Å². The average Bonchev–Trinajstić information content (AvgIpc) is 2.68. The maximum Gasteiger partial charge on any atom is 0.0945 e. The Labute approximate surface area is 113 Å². The Bertz CT molecular complexity index is 510. The van der Waals surface area contributed by atoms with Gasteiger partial charge in [-0.2, -0.15) is 0 Å². The monoisotopic (exact) mass is 311 g/mol. The van der Waals surface area contributed by atoms with Gasteiger partial charge in [0.15, 0.2) is 0 Å². The quantitative estimate of drug-likeness (QED) is 0.850. The topological polar surface area (TPSA) is 50.9 Å². The van der Waals surface area contributed by atoms with Gasteiger partial charge < -0.3 is 11.1 Å². The first-order valence-corrected chi connectivity index (χ1v) is 7.02. The van der Waals surface area contributed by atoms with Gasteiger partial charge in [0, 0.05) is 28.5 Å². The number of hydrogen-bond acceptors (Lipinski definition) is 4. The van der Waals surface area contributed by atoms with E-state index in [0.29, 0.717) is 0 Å². The fraction of sp³-hybridized carbons (Fsp3) is 0.250. The summed E-state index contributed by atoms with van der Waals surface area (Å²) in [5, 5.41) is 6.55. The fourth-order valence-electron chi connectivity index (χ4n) is 1.52. The molecule has 0 aliphatic carbocycles. The van der Waals surface area contributed by atoms with Crippen molar-refractivity contribution in [2.24, 2.45) is 0 Å². The lowest BCUT2D eigenvalue weighted by molar-refractivity contribution is 0.987. The number of halogens is 1. The van der Waals surface area contributed by atoms with Crippen LogP contribution in [0.1, 0.15) is 10.7 Å². The van der Waals surface area contributed by atoms with Crippen molar-refractivity contribution in [3.63, 3.8) is 0 Å². The first-order chi connectivity index (χ1) is 8.15. The van der Waals surface area contributed by atoms with Crippen molar-refractivity contribution in [1.82, 2.24) is 4.98 Å². The van der Waals surface area contributed by atoms with Crippen molar-refractivity contribution < 1.29 is 0 Å². The van der Waals surface area contributed by atoms with Crippen LogP contribution >= 0.6 is 27.3 Å². The summed E-state index contributed by atoms with van der Waals surface area (Å²) in [6.45, 7) is 2.86. The van der Waals surface area contributed by atoms with Crippen molar-refractivity contribution in [3.05, 3.63) is 38.8 Å². The summed E-state index contributed by atoms with van der Waals surface area (Å²) < 4.78 is 0.996. The number of nitrogens with zero attached hydrogens (tertiary/aromatic N) is 1. The normalized spacial score (nSPS) is 10.5. The van der Waals surface area contributed by atoms with Crippen LogP contribution in [0.25, 0.3) is 0 Å². The number of nitrogens with one attached hydrogen (secondary N) is 1. The molecule has 0 radical (unpaired) electrons. The summed E-state index contributed by atoms with van der Waals surface area (Å²) in [6, 6.07) is 5.86. The summed E-state index contributed by atoms with van der Waals surface area (Å²) >= 11 is 5.09. The smallest absolute Gasteiger partial charge is 0.0945 e. The number of nitrogens with two attached hydrogens (primary N) is 1. The van der Waals surface area contributed by atoms with E-state index in [-0.39, 0.29) is 0 Å². The number of anilines is 2. The van der Waals surface area contributed by atoms with Crippen molar-refractivity contribution in [3.8, 4) is 0 Å². The third-order valence-electron chi connectivity index (χ3n) is 2.33. The number of hydrogen-bond donors (Lipinski definition) is 2. The largest absolute Gasteiger partial charge is 0.397 e. The van der Waals surface area contributed by atoms with E-state index in [1.165, 1.54) is 0 Å². The van der Waals surface area contributed by atoms with E-state index in [0.717, 1.165) is 39.5 Å². The maximum atomic E-state index is 5.90. The molecule has 17 heavy (non-hydrogen) atoms. The molecule has 0 aliphatic rings. The second-order valence-corrected chi connectivity index (χ2v) is 5.65. The molecule has 0 saturated heterocycles. The van der Waals surface area contributed by atoms with Gasteiger partial charge in [0.25, 0.3) is 0 Å². The molecule has 0 amide bonds. The van der Waals surface area contributed by atoms with Crippen molar-refractivity contribution in [2.75, 3.05) is 17.6 Å². The summed E-state index contributed by atoms with van der Waals surface area (Å²) in [6.07, 6.45) is 0.925. The number of rotatable bonds is 4. The van der Waals surface area contributed by atoms with Gasteiger partial charge in [-0.25, -0.2) is 4.98 Å². The van der Waals surface area contributed by atoms with Gasteiger partial charge >= 0.3 is 0 Å². The highest BCUT2D eigenvalue weighted by Crippen LogP contribution is 2.23. The molecule has 2 aromatic rings. The summed E-state index contributed by atoms with van der Waals surface area (Å²) in [4.78, 5) is 4.42. The lowest BCUT2D eigenvalue weighted by atomic mass is 10.2. The molecule has 1 heterocycles. The van der Waals surface area contributed by atoms with Crippen LogP contribution < -0.4 is 11.1 Å². The molecule has 0 saturated carbocycles. The van der Waals surface area contributed by atoms with Crippen LogP contribution in [0.5, 0.6) is 0 Å². The minimum atomic E-state index is 0.759. The Balaban J connectivity index is 1.90. The standard InChI is InChI=1S/C12H14BrN3S/c1-8-7-17-12(16-8)4-5-15-11-3-2-9(13)6-10(11)14/h2-3,6-7,15H,4-5,14H2,1H3. The van der Waals surface area contributed by atoms with E-state index in [1.54, 1.807) is 11.3 Å². The van der Waals surface area contributed by atoms with Gasteiger partial charge in [0.1, 0.15) is 0 Å². The molecule has 5 heteroatoms. The minimum Gasteiger partial charge on any atom is -0.397 e. The van der Waals surface area contributed by atoms with Gasteiger partial charge in [-0.3, -0.25) is 0 Å². The van der Waals surface area contributed by atoms with E-state index in [4.69, 9.17) is 5.73 Å². The summed E-state index contributed by atoms with van der Waals surface area (Å²) in [7, 11) is 0. The van der Waals surface area contributed by atoms with Crippen LogP contribution in [-0.4, -0.2) is 11.5 Å². The molecule has 1 aromatic heterocycles. The Morgan fingerprint density at radius 2 is 2.29 bits per heavy atom. The minimum absolute atomic E-state index is 0.759. The Morgan fingerprint density at radius 3 is 2.94 bits per heavy atom. The van der Waals surface area contributed by atoms with E-state index >= 15 is 0 Å². The van der Waals surface area contributed by atoms with Crippen LogP contribution in [-0.2, 0) is 6.42 Å². The van der Waals surface area contributed by atoms with Gasteiger partial charge in [0.05, 0.1) is 16.4 Å². The van der Waals surface area contributed by atoms with Gasteiger partial charge in [0.2, 0.25) is 0 Å². The summed E-state index contributed by atoms with van der Waals surface area (Å²) in [5.41, 5.74) is 8.72. The number of aromatic nitrogens is 1. The molecule has 0 unspecified atom stereocenters. The Hall–Kier alpha value is -1.07. The molecule has 0 atom stereocenters. The number of nitrogen functional groups attached to an aromatic ring is 1. The maximum absolute atomic E-state index is 5.90. The molecule has 3 N–H and O–H groups in total. The Kier molecular flexibility index (Phi) is 4.02. The predicted octanol–water partition coefficient (Wildman–Crippen LogP) is 3.45. The predicted molar refractivity (Wildman–Crippen MR) is 77.6 cm³/mol. The molecular weight excluding hydrogens is 298 g/mol. The van der Waals surface area contributed by atoms with Crippen LogP contribution in [0.15, 0.2) is 28.1 Å². The Morgan fingerprint density at radius 1 is 1.47 bits per heavy atom. The van der Waals surface area contributed by atoms with Gasteiger partial charge in [-0.15, -0.1) is 11.3 Å². The van der Waals surface area contributed by atoms with Gasteiger partial charge in [-0.1, -0.05) is 15.9 Å². The third kappa shape index (κ3) is 3.44. The van der Waals surface area contributed by atoms with Crippen molar-refractivity contribution >= 4 is 38.6 Å². The first kappa shape index (κ1) is 12.4. The van der Waals surface area contributed by atoms with Gasteiger partial charge in [-0.05, 0) is 25.1 Å². The molecular formula is C12H14BrN3S. The molecule has 2 rings (SSSR count). The molecule has 0 aliphatic heterocycles. The lowest BCUT2D eigenvalue weighted by Gasteiger charge is -2.08. The second kappa shape index (κ2) is 5.51. The fourth-order valence-corrected chi connectivity index (χ4v) is 2.67. The molecule has 0 fully saturated rings. The van der Waals surface area contributed by atoms with Crippen molar-refractivity contribution in [1.29, 1.82) is 0 Å². The number of thiazole rings is 1. The van der Waals surface area contributed by atoms with E-state index in [1.807, 2.05) is 25.1 Å². The van der Waals surface area contributed by atoms with Crippen molar-refractivity contribution in [2.45, 2.75) is 13.3 Å². The van der Waals surface area contributed by atoms with Crippen LogP contribution in [0, 0.1) is 6.92 Å². The van der Waals surface area contributed by atoms with E-state index in [2.05, 4.69) is 31.6 Å². The van der Waals surface area contributed by atoms with E-state index in [9.17, 15) is 0 Å². The molecule has 0 bridgehead atoms. The van der Waals surface area contributed by atoms with Crippen LogP contribution in [0.3, 0.4) is 0 Å². The van der Waals surface area contributed by atoms with Crippen LogP contribution in [0.2, 0.25) is 0 Å².